The highest BCUT2D eigenvalue weighted by atomic mass is 35.5. The maximum absolute atomic E-state index is 11.2. The van der Waals surface area contributed by atoms with Crippen LogP contribution in [0, 0.1) is 11.3 Å². The summed E-state index contributed by atoms with van der Waals surface area (Å²) in [6.45, 7) is 0. The first kappa shape index (κ1) is 10.8. The Kier molecular flexibility index (Phi) is 3.34. The van der Waals surface area contributed by atoms with Crippen LogP contribution in [-0.2, 0) is 4.74 Å². The third-order valence-electron chi connectivity index (χ3n) is 1.61. The van der Waals surface area contributed by atoms with Crippen LogP contribution < -0.4 is 0 Å². The van der Waals surface area contributed by atoms with Gasteiger partial charge in [-0.3, -0.25) is 0 Å². The summed E-state index contributed by atoms with van der Waals surface area (Å²) in [6, 6.07) is 4.65. The number of hydrogen-bond donors (Lipinski definition) is 0. The highest BCUT2D eigenvalue weighted by Crippen LogP contribution is 2.27. The third kappa shape index (κ3) is 1.82. The van der Waals surface area contributed by atoms with Crippen LogP contribution in [0.3, 0.4) is 0 Å². The molecule has 0 saturated heterocycles. The van der Waals surface area contributed by atoms with E-state index in [0.29, 0.717) is 0 Å². The zero-order valence-corrected chi connectivity index (χ0v) is 8.69. The van der Waals surface area contributed by atoms with Crippen molar-refractivity contribution in [1.29, 1.82) is 5.26 Å². The van der Waals surface area contributed by atoms with E-state index in [0.717, 1.165) is 0 Å². The van der Waals surface area contributed by atoms with E-state index in [2.05, 4.69) is 4.74 Å². The average Bonchev–Trinajstić information content (AvgIpc) is 2.18. The zero-order valence-electron chi connectivity index (χ0n) is 7.17. The van der Waals surface area contributed by atoms with E-state index in [1.807, 2.05) is 6.07 Å². The number of halogens is 2. The first-order valence-corrected chi connectivity index (χ1v) is 4.33. The lowest BCUT2D eigenvalue weighted by molar-refractivity contribution is 0.0601. The minimum atomic E-state index is -0.594. The Balaban J connectivity index is 3.37. The quantitative estimate of drug-likeness (QED) is 0.696. The van der Waals surface area contributed by atoms with Crippen LogP contribution in [0.4, 0.5) is 0 Å². The maximum Gasteiger partial charge on any atom is 0.339 e. The Bertz CT molecular complexity index is 424. The van der Waals surface area contributed by atoms with E-state index < -0.39 is 5.97 Å². The summed E-state index contributed by atoms with van der Waals surface area (Å²) in [6.07, 6.45) is 0. The molecule has 0 N–H and O–H groups in total. The van der Waals surface area contributed by atoms with Crippen molar-refractivity contribution in [2.45, 2.75) is 0 Å². The summed E-state index contributed by atoms with van der Waals surface area (Å²) in [5.74, 6) is -0.594. The van der Waals surface area contributed by atoms with E-state index in [-0.39, 0.29) is 21.2 Å². The Labute approximate surface area is 90.8 Å². The minimum Gasteiger partial charge on any atom is -0.465 e. The Hall–Kier alpha value is -1.24. The molecule has 14 heavy (non-hydrogen) atoms. The van der Waals surface area contributed by atoms with Gasteiger partial charge in [0.1, 0.15) is 6.07 Å². The molecule has 72 valence electrons. The average molecular weight is 230 g/mol. The van der Waals surface area contributed by atoms with E-state index in [9.17, 15) is 4.79 Å². The van der Waals surface area contributed by atoms with Crippen molar-refractivity contribution < 1.29 is 9.53 Å². The number of hydrogen-bond acceptors (Lipinski definition) is 3. The number of methoxy groups -OCH3 is 1. The zero-order chi connectivity index (χ0) is 10.7. The number of carbonyl (C=O) groups is 1. The van der Waals surface area contributed by atoms with Gasteiger partial charge in [0.05, 0.1) is 28.3 Å². The maximum atomic E-state index is 11.2. The first-order valence-electron chi connectivity index (χ1n) is 3.58. The van der Waals surface area contributed by atoms with Gasteiger partial charge in [0.2, 0.25) is 0 Å². The second-order valence-electron chi connectivity index (χ2n) is 2.39. The molecule has 0 heterocycles. The molecule has 0 radical (unpaired) electrons. The molecule has 0 aliphatic heterocycles. The van der Waals surface area contributed by atoms with Crippen LogP contribution in [0.25, 0.3) is 0 Å². The third-order valence-corrected chi connectivity index (χ3v) is 2.32. The van der Waals surface area contributed by atoms with Crippen molar-refractivity contribution in [2.75, 3.05) is 7.11 Å². The van der Waals surface area contributed by atoms with Gasteiger partial charge in [0.25, 0.3) is 0 Å². The number of benzene rings is 1. The molecule has 1 aromatic rings. The fourth-order valence-electron chi connectivity index (χ4n) is 0.923. The minimum absolute atomic E-state index is 0.0202. The molecule has 1 rings (SSSR count). The lowest BCUT2D eigenvalue weighted by atomic mass is 10.1. The molecule has 0 fully saturated rings. The number of carbonyl (C=O) groups excluding carboxylic acids is 1. The van der Waals surface area contributed by atoms with E-state index in [4.69, 9.17) is 28.5 Å². The second kappa shape index (κ2) is 4.32. The summed E-state index contributed by atoms with van der Waals surface area (Å²) < 4.78 is 4.48. The molecule has 1 aromatic carbocycles. The van der Waals surface area contributed by atoms with Gasteiger partial charge in [-0.1, -0.05) is 23.2 Å². The molecule has 5 heteroatoms. The summed E-state index contributed by atoms with van der Waals surface area (Å²) in [5.41, 5.74) is 0.214. The predicted octanol–water partition coefficient (Wildman–Crippen LogP) is 2.65. The van der Waals surface area contributed by atoms with Crippen LogP contribution in [-0.4, -0.2) is 13.1 Å². The van der Waals surface area contributed by atoms with Crippen LogP contribution in [0.15, 0.2) is 12.1 Å². The highest BCUT2D eigenvalue weighted by molar-refractivity contribution is 6.38. The van der Waals surface area contributed by atoms with Crippen LogP contribution in [0.2, 0.25) is 10.0 Å². The monoisotopic (exact) mass is 229 g/mol. The van der Waals surface area contributed by atoms with Crippen molar-refractivity contribution in [3.63, 3.8) is 0 Å². The highest BCUT2D eigenvalue weighted by Gasteiger charge is 2.15. The second-order valence-corrected chi connectivity index (χ2v) is 3.17. The molecule has 0 aliphatic rings. The summed E-state index contributed by atoms with van der Waals surface area (Å²) in [4.78, 5) is 11.2. The van der Waals surface area contributed by atoms with Crippen LogP contribution >= 0.6 is 23.2 Å². The van der Waals surface area contributed by atoms with Crippen molar-refractivity contribution in [3.05, 3.63) is 33.3 Å². The molecule has 0 saturated carbocycles. The molecule has 0 aromatic heterocycles. The lowest BCUT2D eigenvalue weighted by Gasteiger charge is -2.04. The number of esters is 1. The molecule has 0 atom stereocenters. The van der Waals surface area contributed by atoms with Gasteiger partial charge < -0.3 is 4.74 Å². The molecule has 0 bridgehead atoms. The number of nitrogens with zero attached hydrogens (tertiary/aromatic N) is 1. The number of nitriles is 1. The van der Waals surface area contributed by atoms with Crippen LogP contribution in [0.5, 0.6) is 0 Å². The van der Waals surface area contributed by atoms with E-state index >= 15 is 0 Å². The van der Waals surface area contributed by atoms with Crippen LogP contribution in [0.1, 0.15) is 15.9 Å². The SMILES string of the molecule is COC(=O)c1ccc(Cl)c(C#N)c1Cl. The first-order chi connectivity index (χ1) is 6.61. The van der Waals surface area contributed by atoms with E-state index in [1.54, 1.807) is 0 Å². The molecule has 0 aliphatic carbocycles. The molecule has 0 amide bonds. The summed E-state index contributed by atoms with van der Waals surface area (Å²) in [7, 11) is 1.24. The van der Waals surface area contributed by atoms with Gasteiger partial charge in [-0.2, -0.15) is 5.26 Å². The van der Waals surface area contributed by atoms with Crippen molar-refractivity contribution in [3.8, 4) is 6.07 Å². The number of ether oxygens (including phenoxy) is 1. The van der Waals surface area contributed by atoms with E-state index in [1.165, 1.54) is 19.2 Å². The molecular weight excluding hydrogens is 225 g/mol. The Morgan fingerprint density at radius 1 is 1.50 bits per heavy atom. The largest absolute Gasteiger partial charge is 0.465 e. The number of rotatable bonds is 1. The van der Waals surface area contributed by atoms with Gasteiger partial charge in [0.15, 0.2) is 0 Å². The standard InChI is InChI=1S/C9H5Cl2NO2/c1-14-9(13)5-2-3-7(10)6(4-12)8(5)11/h2-3H,1H3. The lowest BCUT2D eigenvalue weighted by Crippen LogP contribution is -2.03. The topological polar surface area (TPSA) is 50.1 Å². The predicted molar refractivity (Wildman–Crippen MR) is 52.5 cm³/mol. The van der Waals surface area contributed by atoms with Crippen molar-refractivity contribution in [1.82, 2.24) is 0 Å². The van der Waals surface area contributed by atoms with Crippen molar-refractivity contribution >= 4 is 29.2 Å². The molecule has 0 unspecified atom stereocenters. The molecule has 0 spiro atoms. The van der Waals surface area contributed by atoms with Gasteiger partial charge in [0, 0.05) is 0 Å². The molecular formula is C9H5Cl2NO2. The Morgan fingerprint density at radius 2 is 2.14 bits per heavy atom. The van der Waals surface area contributed by atoms with Gasteiger partial charge in [-0.15, -0.1) is 0 Å². The van der Waals surface area contributed by atoms with Gasteiger partial charge >= 0.3 is 5.97 Å². The summed E-state index contributed by atoms with van der Waals surface area (Å²) >= 11 is 11.5. The summed E-state index contributed by atoms with van der Waals surface area (Å²) in [5, 5.41) is 8.94. The van der Waals surface area contributed by atoms with Gasteiger partial charge in [-0.25, -0.2) is 4.79 Å². The van der Waals surface area contributed by atoms with Gasteiger partial charge in [-0.05, 0) is 12.1 Å². The smallest absolute Gasteiger partial charge is 0.339 e. The molecule has 3 nitrogen and oxygen atoms in total. The normalized spacial score (nSPS) is 9.29. The fourth-order valence-corrected chi connectivity index (χ4v) is 1.45. The van der Waals surface area contributed by atoms with Crippen molar-refractivity contribution in [2.24, 2.45) is 0 Å². The Morgan fingerprint density at radius 3 is 2.64 bits per heavy atom. The fraction of sp³-hybridized carbons (Fsp3) is 0.111.